The van der Waals surface area contributed by atoms with Crippen LogP contribution in [0.1, 0.15) is 13.3 Å². The molecule has 2 atom stereocenters. The van der Waals surface area contributed by atoms with Gasteiger partial charge in [0, 0.05) is 6.54 Å². The average Bonchev–Trinajstić information content (AvgIpc) is 2.55. The van der Waals surface area contributed by atoms with Crippen molar-refractivity contribution in [3.05, 3.63) is 0 Å². The summed E-state index contributed by atoms with van der Waals surface area (Å²) in [4.78, 5) is 10.9. The second-order valence-electron chi connectivity index (χ2n) is 2.92. The number of ether oxygens (including phenoxy) is 2. The zero-order chi connectivity index (χ0) is 8.97. The third-order valence-corrected chi connectivity index (χ3v) is 1.94. The van der Waals surface area contributed by atoms with E-state index in [9.17, 15) is 4.79 Å². The Hall–Kier alpha value is -0.610. The predicted octanol–water partition coefficient (Wildman–Crippen LogP) is -0.0736. The van der Waals surface area contributed by atoms with E-state index in [0.29, 0.717) is 0 Å². The van der Waals surface area contributed by atoms with Gasteiger partial charge in [0.25, 0.3) is 0 Å². The Labute approximate surface area is 72.2 Å². The van der Waals surface area contributed by atoms with Gasteiger partial charge in [-0.05, 0) is 19.9 Å². The van der Waals surface area contributed by atoms with E-state index in [1.807, 2.05) is 0 Å². The van der Waals surface area contributed by atoms with Gasteiger partial charge in [-0.2, -0.15) is 0 Å². The van der Waals surface area contributed by atoms with Crippen LogP contribution < -0.4 is 5.32 Å². The standard InChI is InChI=1S/C8H15NO3/c1-6(8(10)11-2)12-7-3-4-9-5-7/h6-7,9H,3-5H2,1-2H3. The molecule has 4 heteroatoms. The molecule has 1 heterocycles. The fraction of sp³-hybridized carbons (Fsp3) is 0.875. The number of hydrogen-bond acceptors (Lipinski definition) is 4. The van der Waals surface area contributed by atoms with E-state index in [-0.39, 0.29) is 12.1 Å². The minimum absolute atomic E-state index is 0.166. The fourth-order valence-electron chi connectivity index (χ4n) is 1.25. The van der Waals surface area contributed by atoms with Crippen LogP contribution in [0.15, 0.2) is 0 Å². The van der Waals surface area contributed by atoms with Crippen LogP contribution in [0.2, 0.25) is 0 Å². The van der Waals surface area contributed by atoms with Crippen LogP contribution >= 0.6 is 0 Å². The van der Waals surface area contributed by atoms with E-state index >= 15 is 0 Å². The lowest BCUT2D eigenvalue weighted by Gasteiger charge is -2.15. The summed E-state index contributed by atoms with van der Waals surface area (Å²) in [6.07, 6.45) is 0.695. The van der Waals surface area contributed by atoms with Crippen molar-refractivity contribution in [2.24, 2.45) is 0 Å². The number of esters is 1. The molecular weight excluding hydrogens is 158 g/mol. The van der Waals surface area contributed by atoms with Gasteiger partial charge in [-0.15, -0.1) is 0 Å². The zero-order valence-electron chi connectivity index (χ0n) is 7.50. The Bertz CT molecular complexity index is 154. The summed E-state index contributed by atoms with van der Waals surface area (Å²) in [5.74, 6) is -0.304. The summed E-state index contributed by atoms with van der Waals surface area (Å²) in [5, 5.41) is 3.16. The van der Waals surface area contributed by atoms with Crippen molar-refractivity contribution in [2.45, 2.75) is 25.6 Å². The first kappa shape index (κ1) is 9.48. The third kappa shape index (κ3) is 2.46. The topological polar surface area (TPSA) is 47.6 Å². The Morgan fingerprint density at radius 3 is 2.92 bits per heavy atom. The largest absolute Gasteiger partial charge is 0.467 e. The number of carbonyl (C=O) groups is 1. The highest BCUT2D eigenvalue weighted by atomic mass is 16.6. The molecule has 1 aliphatic rings. The molecular formula is C8H15NO3. The highest BCUT2D eigenvalue weighted by Gasteiger charge is 2.21. The maximum absolute atomic E-state index is 10.9. The first-order chi connectivity index (χ1) is 5.74. The summed E-state index contributed by atoms with van der Waals surface area (Å²) in [6, 6.07) is 0. The smallest absolute Gasteiger partial charge is 0.334 e. The van der Waals surface area contributed by atoms with Gasteiger partial charge in [0.1, 0.15) is 0 Å². The molecule has 12 heavy (non-hydrogen) atoms. The maximum Gasteiger partial charge on any atom is 0.334 e. The van der Waals surface area contributed by atoms with E-state index in [2.05, 4.69) is 10.1 Å². The average molecular weight is 173 g/mol. The van der Waals surface area contributed by atoms with Gasteiger partial charge in [0.05, 0.1) is 13.2 Å². The number of rotatable bonds is 3. The molecule has 1 rings (SSSR count). The van der Waals surface area contributed by atoms with E-state index in [0.717, 1.165) is 19.5 Å². The van der Waals surface area contributed by atoms with Gasteiger partial charge >= 0.3 is 5.97 Å². The lowest BCUT2D eigenvalue weighted by atomic mass is 10.3. The lowest BCUT2D eigenvalue weighted by molar-refractivity contribution is -0.155. The molecule has 0 radical (unpaired) electrons. The van der Waals surface area contributed by atoms with Gasteiger partial charge in [-0.25, -0.2) is 4.79 Å². The molecule has 1 fully saturated rings. The minimum atomic E-state index is -0.445. The van der Waals surface area contributed by atoms with E-state index < -0.39 is 6.10 Å². The second-order valence-corrected chi connectivity index (χ2v) is 2.92. The lowest BCUT2D eigenvalue weighted by Crippen LogP contribution is -2.29. The molecule has 0 aromatic rings. The molecule has 0 aromatic carbocycles. The summed E-state index contributed by atoms with van der Waals surface area (Å²) in [7, 11) is 1.37. The molecule has 1 saturated heterocycles. The molecule has 4 nitrogen and oxygen atoms in total. The van der Waals surface area contributed by atoms with Crippen LogP contribution in [0.25, 0.3) is 0 Å². The molecule has 0 aromatic heterocycles. The Balaban J connectivity index is 2.24. The minimum Gasteiger partial charge on any atom is -0.467 e. The molecule has 2 unspecified atom stereocenters. The zero-order valence-corrected chi connectivity index (χ0v) is 7.50. The quantitative estimate of drug-likeness (QED) is 0.607. The molecule has 0 saturated carbocycles. The van der Waals surface area contributed by atoms with Crippen molar-refractivity contribution in [3.63, 3.8) is 0 Å². The molecule has 0 bridgehead atoms. The predicted molar refractivity (Wildman–Crippen MR) is 43.8 cm³/mol. The number of hydrogen-bond donors (Lipinski definition) is 1. The van der Waals surface area contributed by atoms with Crippen molar-refractivity contribution in [1.29, 1.82) is 0 Å². The van der Waals surface area contributed by atoms with E-state index in [1.54, 1.807) is 6.92 Å². The second kappa shape index (κ2) is 4.42. The Morgan fingerprint density at radius 1 is 1.67 bits per heavy atom. The summed E-state index contributed by atoms with van der Waals surface area (Å²) in [5.41, 5.74) is 0. The Kier molecular flexibility index (Phi) is 3.49. The number of nitrogens with one attached hydrogen (secondary N) is 1. The van der Waals surface area contributed by atoms with Gasteiger partial charge < -0.3 is 14.8 Å². The van der Waals surface area contributed by atoms with E-state index in [1.165, 1.54) is 7.11 Å². The van der Waals surface area contributed by atoms with Crippen LogP contribution in [0, 0.1) is 0 Å². The third-order valence-electron chi connectivity index (χ3n) is 1.94. The van der Waals surface area contributed by atoms with E-state index in [4.69, 9.17) is 4.74 Å². The Morgan fingerprint density at radius 2 is 2.42 bits per heavy atom. The van der Waals surface area contributed by atoms with Crippen molar-refractivity contribution >= 4 is 5.97 Å². The van der Waals surface area contributed by atoms with Gasteiger partial charge in [-0.3, -0.25) is 0 Å². The van der Waals surface area contributed by atoms with Crippen molar-refractivity contribution in [3.8, 4) is 0 Å². The molecule has 0 amide bonds. The van der Waals surface area contributed by atoms with Crippen molar-refractivity contribution < 1.29 is 14.3 Å². The van der Waals surface area contributed by atoms with Crippen LogP contribution in [0.4, 0.5) is 0 Å². The summed E-state index contributed by atoms with van der Waals surface area (Å²) < 4.78 is 9.96. The number of methoxy groups -OCH3 is 1. The maximum atomic E-state index is 10.9. The van der Waals surface area contributed by atoms with Crippen LogP contribution in [-0.4, -0.2) is 38.4 Å². The van der Waals surface area contributed by atoms with Gasteiger partial charge in [0.15, 0.2) is 6.10 Å². The fourth-order valence-corrected chi connectivity index (χ4v) is 1.25. The van der Waals surface area contributed by atoms with Crippen LogP contribution in [0.5, 0.6) is 0 Å². The van der Waals surface area contributed by atoms with Gasteiger partial charge in [0.2, 0.25) is 0 Å². The normalized spacial score (nSPS) is 25.3. The first-order valence-corrected chi connectivity index (χ1v) is 4.18. The molecule has 70 valence electrons. The monoisotopic (exact) mass is 173 g/mol. The molecule has 1 N–H and O–H groups in total. The molecule has 0 aliphatic carbocycles. The highest BCUT2D eigenvalue weighted by Crippen LogP contribution is 2.07. The first-order valence-electron chi connectivity index (χ1n) is 4.18. The number of carbonyl (C=O) groups excluding carboxylic acids is 1. The van der Waals surface area contributed by atoms with Crippen LogP contribution in [-0.2, 0) is 14.3 Å². The SMILES string of the molecule is COC(=O)C(C)OC1CCNC1. The molecule has 1 aliphatic heterocycles. The molecule has 0 spiro atoms. The highest BCUT2D eigenvalue weighted by molar-refractivity contribution is 5.73. The van der Waals surface area contributed by atoms with Crippen molar-refractivity contribution in [1.82, 2.24) is 5.32 Å². The summed E-state index contributed by atoms with van der Waals surface area (Å²) in [6.45, 7) is 3.52. The van der Waals surface area contributed by atoms with Gasteiger partial charge in [-0.1, -0.05) is 0 Å². The van der Waals surface area contributed by atoms with Crippen LogP contribution in [0.3, 0.4) is 0 Å². The summed E-state index contributed by atoms with van der Waals surface area (Å²) >= 11 is 0. The van der Waals surface area contributed by atoms with Crippen molar-refractivity contribution in [2.75, 3.05) is 20.2 Å².